The van der Waals surface area contributed by atoms with Crippen LogP contribution in [-0.4, -0.2) is 34.8 Å². The molecule has 148 valence electrons. The maximum absolute atomic E-state index is 13.0. The Labute approximate surface area is 167 Å². The number of oxime groups is 1. The number of halogens is 1. The fourth-order valence-electron chi connectivity index (χ4n) is 3.33. The van der Waals surface area contributed by atoms with Crippen molar-refractivity contribution >= 4 is 33.8 Å². The normalized spacial score (nSPS) is 19.0. The average molecular weight is 424 g/mol. The van der Waals surface area contributed by atoms with Gasteiger partial charge in [0.05, 0.1) is 28.7 Å². The summed E-state index contributed by atoms with van der Waals surface area (Å²) in [6, 6.07) is 3.15. The highest BCUT2D eigenvalue weighted by Crippen LogP contribution is 2.40. The molecule has 0 spiro atoms. The number of hydrogen-bond acceptors (Lipinski definition) is 7. The number of hydrogen-bond donors (Lipinski definition) is 2. The molecular weight excluding hydrogens is 406 g/mol. The Morgan fingerprint density at radius 2 is 2.11 bits per heavy atom. The first-order valence-corrected chi connectivity index (χ1v) is 10.5. The summed E-state index contributed by atoms with van der Waals surface area (Å²) in [5.41, 5.74) is 1.85. The number of ketones is 1. The third kappa shape index (κ3) is 3.40. The first-order valence-electron chi connectivity index (χ1n) is 8.80. The van der Waals surface area contributed by atoms with Crippen molar-refractivity contribution in [2.75, 3.05) is 0 Å². The highest BCUT2D eigenvalue weighted by Gasteiger charge is 2.32. The molecule has 1 aliphatic carbocycles. The van der Waals surface area contributed by atoms with Crippen molar-refractivity contribution in [1.29, 1.82) is 0 Å². The molecule has 1 fully saturated rings. The summed E-state index contributed by atoms with van der Waals surface area (Å²) in [6.45, 7) is 1.79. The van der Waals surface area contributed by atoms with E-state index in [1.54, 1.807) is 13.0 Å². The topological polar surface area (TPSA) is 111 Å². The van der Waals surface area contributed by atoms with E-state index in [1.807, 2.05) is 0 Å². The lowest BCUT2D eigenvalue weighted by Gasteiger charge is -2.17. The number of rotatable bonds is 6. The minimum Gasteiger partial charge on any atom is -0.493 e. The SMILES string of the molecule is CC1=NOC(c2c(C[SH](=O)=O)ccc(C(=O)c3cnn(C4CC4)c3O)c2Cl)C1. The van der Waals surface area contributed by atoms with Gasteiger partial charge in [0, 0.05) is 17.5 Å². The molecule has 10 heteroatoms. The van der Waals surface area contributed by atoms with E-state index in [0.717, 1.165) is 18.6 Å². The summed E-state index contributed by atoms with van der Waals surface area (Å²) >= 11 is 6.55. The van der Waals surface area contributed by atoms with Gasteiger partial charge in [-0.1, -0.05) is 22.8 Å². The Balaban J connectivity index is 1.76. The molecule has 1 unspecified atom stereocenters. The zero-order valence-electron chi connectivity index (χ0n) is 15.0. The van der Waals surface area contributed by atoms with Gasteiger partial charge in [-0.05, 0) is 31.4 Å². The Morgan fingerprint density at radius 1 is 1.36 bits per heavy atom. The van der Waals surface area contributed by atoms with Gasteiger partial charge in [0.2, 0.25) is 11.7 Å². The van der Waals surface area contributed by atoms with Crippen LogP contribution in [0.15, 0.2) is 23.5 Å². The second kappa shape index (κ2) is 7.21. The monoisotopic (exact) mass is 423 g/mol. The van der Waals surface area contributed by atoms with Crippen LogP contribution in [-0.2, 0) is 21.3 Å². The van der Waals surface area contributed by atoms with Gasteiger partial charge in [-0.3, -0.25) is 4.79 Å². The van der Waals surface area contributed by atoms with E-state index in [0.29, 0.717) is 17.5 Å². The number of nitrogens with zero attached hydrogens (tertiary/aromatic N) is 3. The predicted octanol–water partition coefficient (Wildman–Crippen LogP) is 2.76. The molecule has 1 aromatic heterocycles. The Bertz CT molecular complexity index is 1060. The molecular formula is C18H18ClN3O5S. The summed E-state index contributed by atoms with van der Waals surface area (Å²) < 4.78 is 24.0. The molecule has 28 heavy (non-hydrogen) atoms. The van der Waals surface area contributed by atoms with E-state index in [-0.39, 0.29) is 33.8 Å². The molecule has 0 radical (unpaired) electrons. The number of aromatic hydroxyl groups is 1. The standard InChI is InChI=1S/C18H18ClN3O5S/c1-9-6-14(27-21-9)15-10(8-28(25)26)2-5-12(16(15)19)17(23)13-7-20-22(18(13)24)11-3-4-11/h2,5,7,11,14,24,28H,3-4,6,8H2,1H3. The third-order valence-corrected chi connectivity index (χ3v) is 5.87. The molecule has 2 aromatic rings. The van der Waals surface area contributed by atoms with Gasteiger partial charge >= 0.3 is 0 Å². The van der Waals surface area contributed by atoms with Crippen molar-refractivity contribution in [1.82, 2.24) is 9.78 Å². The molecule has 8 nitrogen and oxygen atoms in total. The van der Waals surface area contributed by atoms with Gasteiger partial charge < -0.3 is 9.94 Å². The molecule has 0 amide bonds. The van der Waals surface area contributed by atoms with E-state index in [2.05, 4.69) is 10.3 Å². The van der Waals surface area contributed by atoms with Crippen molar-refractivity contribution in [3.05, 3.63) is 45.6 Å². The summed E-state index contributed by atoms with van der Waals surface area (Å²) in [4.78, 5) is 18.4. The van der Waals surface area contributed by atoms with E-state index in [4.69, 9.17) is 16.4 Å². The van der Waals surface area contributed by atoms with Crippen LogP contribution in [0.25, 0.3) is 0 Å². The summed E-state index contributed by atoms with van der Waals surface area (Å²) in [5, 5.41) is 18.5. The minimum atomic E-state index is -2.69. The van der Waals surface area contributed by atoms with E-state index >= 15 is 0 Å². The molecule has 1 N–H and O–H groups in total. The van der Waals surface area contributed by atoms with Crippen LogP contribution >= 0.6 is 11.6 Å². The van der Waals surface area contributed by atoms with Crippen LogP contribution in [0.3, 0.4) is 0 Å². The minimum absolute atomic E-state index is 0.0576. The molecule has 1 aliphatic heterocycles. The lowest BCUT2D eigenvalue weighted by molar-refractivity contribution is 0.0851. The maximum Gasteiger partial charge on any atom is 0.221 e. The van der Waals surface area contributed by atoms with Crippen molar-refractivity contribution in [2.24, 2.45) is 5.16 Å². The smallest absolute Gasteiger partial charge is 0.221 e. The van der Waals surface area contributed by atoms with Crippen LogP contribution in [0.2, 0.25) is 5.02 Å². The average Bonchev–Trinajstić information content (AvgIpc) is 3.27. The van der Waals surface area contributed by atoms with Gasteiger partial charge in [-0.25, -0.2) is 13.1 Å². The second-order valence-electron chi connectivity index (χ2n) is 7.00. The molecule has 2 heterocycles. The van der Waals surface area contributed by atoms with Crippen LogP contribution in [0.1, 0.15) is 65.4 Å². The van der Waals surface area contributed by atoms with Crippen molar-refractivity contribution in [2.45, 2.75) is 44.1 Å². The highest BCUT2D eigenvalue weighted by atomic mass is 35.5. The van der Waals surface area contributed by atoms with Crippen LogP contribution < -0.4 is 0 Å². The van der Waals surface area contributed by atoms with Crippen molar-refractivity contribution in [3.8, 4) is 5.88 Å². The van der Waals surface area contributed by atoms with E-state index < -0.39 is 22.6 Å². The first kappa shape index (κ1) is 18.9. The maximum atomic E-state index is 13.0. The van der Waals surface area contributed by atoms with Gasteiger partial charge in [0.1, 0.15) is 16.3 Å². The summed E-state index contributed by atoms with van der Waals surface area (Å²) in [6.07, 6.45) is 3.04. The van der Waals surface area contributed by atoms with Gasteiger partial charge in [0.15, 0.2) is 6.10 Å². The molecule has 1 aromatic carbocycles. The summed E-state index contributed by atoms with van der Waals surface area (Å²) in [5.74, 6) is -0.889. The van der Waals surface area contributed by atoms with Crippen LogP contribution in [0.4, 0.5) is 0 Å². The quantitative estimate of drug-likeness (QED) is 0.546. The lowest BCUT2D eigenvalue weighted by atomic mass is 9.94. The number of aromatic nitrogens is 2. The first-order chi connectivity index (χ1) is 13.4. The largest absolute Gasteiger partial charge is 0.493 e. The second-order valence-corrected chi connectivity index (χ2v) is 8.36. The number of carbonyl (C=O) groups excluding carboxylic acids is 1. The van der Waals surface area contributed by atoms with Crippen molar-refractivity contribution < 1.29 is 23.2 Å². The molecule has 2 aliphatic rings. The van der Waals surface area contributed by atoms with Crippen molar-refractivity contribution in [3.63, 3.8) is 0 Å². The number of benzene rings is 1. The molecule has 4 rings (SSSR count). The molecule has 0 saturated heterocycles. The zero-order chi connectivity index (χ0) is 20.0. The third-order valence-electron chi connectivity index (χ3n) is 4.86. The lowest BCUT2D eigenvalue weighted by Crippen LogP contribution is -2.10. The Morgan fingerprint density at radius 3 is 2.71 bits per heavy atom. The van der Waals surface area contributed by atoms with Crippen LogP contribution in [0.5, 0.6) is 5.88 Å². The zero-order valence-corrected chi connectivity index (χ0v) is 16.6. The molecule has 1 saturated carbocycles. The molecule has 0 bridgehead atoms. The van der Waals surface area contributed by atoms with E-state index in [9.17, 15) is 18.3 Å². The number of carbonyl (C=O) groups is 1. The van der Waals surface area contributed by atoms with Gasteiger partial charge in [-0.15, -0.1) is 0 Å². The predicted molar refractivity (Wildman–Crippen MR) is 103 cm³/mol. The Hall–Kier alpha value is -2.39. The van der Waals surface area contributed by atoms with E-state index in [1.165, 1.54) is 16.9 Å². The Kier molecular flexibility index (Phi) is 4.88. The fraction of sp³-hybridized carbons (Fsp3) is 0.389. The van der Waals surface area contributed by atoms with Gasteiger partial charge in [0.25, 0.3) is 0 Å². The molecule has 1 atom stereocenters. The highest BCUT2D eigenvalue weighted by molar-refractivity contribution is 7.71. The number of thiol groups is 1. The fourth-order valence-corrected chi connectivity index (χ4v) is 4.28. The van der Waals surface area contributed by atoms with Gasteiger partial charge in [-0.2, -0.15) is 5.10 Å². The summed E-state index contributed by atoms with van der Waals surface area (Å²) in [7, 11) is -2.69. The van der Waals surface area contributed by atoms with Crippen LogP contribution in [0, 0.1) is 0 Å².